The van der Waals surface area contributed by atoms with Crippen molar-refractivity contribution < 1.29 is 0 Å². The molecule has 0 bridgehead atoms. The predicted molar refractivity (Wildman–Crippen MR) is 87.2 cm³/mol. The molecule has 0 unspecified atom stereocenters. The summed E-state index contributed by atoms with van der Waals surface area (Å²) in [5.41, 5.74) is 2.53. The summed E-state index contributed by atoms with van der Waals surface area (Å²) < 4.78 is 0. The molecule has 112 valence electrons. The fourth-order valence-electron chi connectivity index (χ4n) is 2.24. The van der Waals surface area contributed by atoms with Crippen molar-refractivity contribution in [1.29, 1.82) is 5.26 Å². The maximum atomic E-state index is 8.87. The Morgan fingerprint density at radius 3 is 2.86 bits per heavy atom. The van der Waals surface area contributed by atoms with Crippen molar-refractivity contribution in [3.05, 3.63) is 10.9 Å². The molecule has 0 atom stereocenters. The smallest absolute Gasteiger partial charge is 0.240 e. The van der Waals surface area contributed by atoms with Gasteiger partial charge in [-0.15, -0.1) is 11.3 Å². The number of thiophene rings is 1. The Bertz CT molecular complexity index is 657. The van der Waals surface area contributed by atoms with Crippen molar-refractivity contribution in [2.24, 2.45) is 11.8 Å². The number of nitrogens with one attached hydrogen (secondary N) is 1. The van der Waals surface area contributed by atoms with Crippen LogP contribution in [0.15, 0.2) is 6.07 Å². The van der Waals surface area contributed by atoms with Crippen molar-refractivity contribution in [3.8, 4) is 6.07 Å². The Morgan fingerprint density at radius 1 is 1.48 bits per heavy atom. The van der Waals surface area contributed by atoms with Crippen LogP contribution >= 0.6 is 11.3 Å². The zero-order chi connectivity index (χ0) is 15.4. The number of hydrogen-bond donors (Lipinski definition) is 2. The Morgan fingerprint density at radius 2 is 2.24 bits per heavy atom. The fraction of sp³-hybridized carbons (Fsp3) is 0.500. The van der Waals surface area contributed by atoms with Gasteiger partial charge in [0.05, 0.1) is 17.9 Å². The molecule has 3 N–H and O–H groups in total. The molecule has 6 nitrogen and oxygen atoms in total. The van der Waals surface area contributed by atoms with Gasteiger partial charge in [0.2, 0.25) is 5.95 Å². The van der Waals surface area contributed by atoms with E-state index in [0.717, 1.165) is 22.6 Å². The molecule has 0 radical (unpaired) electrons. The lowest BCUT2D eigenvalue weighted by Crippen LogP contribution is -2.30. The van der Waals surface area contributed by atoms with Gasteiger partial charge in [-0.05, 0) is 18.9 Å². The van der Waals surface area contributed by atoms with Gasteiger partial charge in [-0.25, -0.2) is 10.8 Å². The van der Waals surface area contributed by atoms with Crippen LogP contribution in [0.3, 0.4) is 0 Å². The quantitative estimate of drug-likeness (QED) is 0.630. The van der Waals surface area contributed by atoms with E-state index in [1.54, 1.807) is 11.3 Å². The van der Waals surface area contributed by atoms with Crippen LogP contribution in [-0.4, -0.2) is 23.1 Å². The number of nitrogens with two attached hydrogens (primary N) is 1. The van der Waals surface area contributed by atoms with Crippen molar-refractivity contribution in [2.75, 3.05) is 23.4 Å². The third-order valence-electron chi connectivity index (χ3n) is 3.00. The number of anilines is 2. The molecule has 0 fully saturated rings. The van der Waals surface area contributed by atoms with Gasteiger partial charge in [0.25, 0.3) is 0 Å². The van der Waals surface area contributed by atoms with Crippen LogP contribution in [0.1, 0.15) is 25.1 Å². The molecule has 2 rings (SSSR count). The molecule has 21 heavy (non-hydrogen) atoms. The minimum Gasteiger partial charge on any atom is -0.355 e. The number of hydrogen-bond acceptors (Lipinski definition) is 7. The number of nitrogen functional groups attached to an aromatic ring is 1. The zero-order valence-electron chi connectivity index (χ0n) is 12.6. The van der Waals surface area contributed by atoms with Gasteiger partial charge < -0.3 is 4.90 Å². The van der Waals surface area contributed by atoms with Crippen molar-refractivity contribution in [2.45, 2.75) is 27.2 Å². The van der Waals surface area contributed by atoms with Crippen LogP contribution in [-0.2, 0) is 0 Å². The Labute approximate surface area is 128 Å². The molecule has 0 saturated heterocycles. The highest BCUT2D eigenvalue weighted by atomic mass is 32.1. The topological polar surface area (TPSA) is 90.9 Å². The van der Waals surface area contributed by atoms with E-state index in [-0.39, 0.29) is 0 Å². The number of nitrogens with zero attached hydrogens (tertiary/aromatic N) is 4. The van der Waals surface area contributed by atoms with Gasteiger partial charge in [-0.1, -0.05) is 13.8 Å². The van der Waals surface area contributed by atoms with Crippen molar-refractivity contribution >= 4 is 33.3 Å². The zero-order valence-corrected chi connectivity index (χ0v) is 13.4. The molecule has 0 aliphatic carbocycles. The lowest BCUT2D eigenvalue weighted by molar-refractivity contribution is 0.609. The highest BCUT2D eigenvalue weighted by Crippen LogP contribution is 2.32. The minimum atomic E-state index is 0.407. The molecule has 0 amide bonds. The van der Waals surface area contributed by atoms with E-state index in [4.69, 9.17) is 11.1 Å². The van der Waals surface area contributed by atoms with E-state index in [9.17, 15) is 0 Å². The third kappa shape index (κ3) is 3.60. The molecule has 7 heteroatoms. The Balaban J connectivity index is 2.51. The summed E-state index contributed by atoms with van der Waals surface area (Å²) in [6.07, 6.45) is 0.465. The SMILES string of the molecule is Cc1cc2c(N(CCC#N)CC(C)C)nc(NN)nc2s1. The van der Waals surface area contributed by atoms with Gasteiger partial charge in [-0.3, -0.25) is 5.43 Å². The van der Waals surface area contributed by atoms with Gasteiger partial charge in [0.1, 0.15) is 10.6 Å². The van der Waals surface area contributed by atoms with E-state index in [2.05, 4.69) is 46.3 Å². The van der Waals surface area contributed by atoms with Crippen molar-refractivity contribution in [1.82, 2.24) is 9.97 Å². The van der Waals surface area contributed by atoms with E-state index in [1.165, 1.54) is 4.88 Å². The van der Waals surface area contributed by atoms with Crippen LogP contribution < -0.4 is 16.2 Å². The second-order valence-corrected chi connectivity index (χ2v) is 6.57. The number of aryl methyl sites for hydroxylation is 1. The van der Waals surface area contributed by atoms with Crippen molar-refractivity contribution in [3.63, 3.8) is 0 Å². The molecule has 0 aromatic carbocycles. The molecular formula is C14H20N6S. The summed E-state index contributed by atoms with van der Waals surface area (Å²) in [4.78, 5) is 13.1. The number of fused-ring (bicyclic) bond motifs is 1. The molecule has 2 aromatic rings. The average molecular weight is 304 g/mol. The molecule has 2 aromatic heterocycles. The van der Waals surface area contributed by atoms with Gasteiger partial charge in [0, 0.05) is 18.0 Å². The summed E-state index contributed by atoms with van der Waals surface area (Å²) in [5, 5.41) is 9.90. The normalized spacial score (nSPS) is 10.9. The fourth-order valence-corrected chi connectivity index (χ4v) is 3.12. The van der Waals surface area contributed by atoms with E-state index in [0.29, 0.717) is 24.8 Å². The largest absolute Gasteiger partial charge is 0.355 e. The number of rotatable bonds is 6. The predicted octanol–water partition coefficient (Wildman–Crippen LogP) is 2.66. The van der Waals surface area contributed by atoms with E-state index in [1.807, 2.05) is 6.92 Å². The molecule has 2 heterocycles. The highest BCUT2D eigenvalue weighted by molar-refractivity contribution is 7.18. The van der Waals surface area contributed by atoms with Crippen LogP contribution in [0.4, 0.5) is 11.8 Å². The van der Waals surface area contributed by atoms with Crippen LogP contribution in [0, 0.1) is 24.2 Å². The highest BCUT2D eigenvalue weighted by Gasteiger charge is 2.17. The first-order chi connectivity index (χ1) is 10.0. The summed E-state index contributed by atoms with van der Waals surface area (Å²) in [7, 11) is 0. The summed E-state index contributed by atoms with van der Waals surface area (Å²) in [6.45, 7) is 7.84. The second-order valence-electron chi connectivity index (χ2n) is 5.34. The lowest BCUT2D eigenvalue weighted by atomic mass is 10.2. The summed E-state index contributed by atoms with van der Waals surface area (Å²) in [6, 6.07) is 4.29. The molecule has 0 aliphatic rings. The Kier molecular flexibility index (Phi) is 4.94. The minimum absolute atomic E-state index is 0.407. The molecule has 0 aliphatic heterocycles. The van der Waals surface area contributed by atoms with Gasteiger partial charge in [-0.2, -0.15) is 10.2 Å². The number of hydrazine groups is 1. The molecular weight excluding hydrogens is 284 g/mol. The van der Waals surface area contributed by atoms with E-state index >= 15 is 0 Å². The first-order valence-electron chi connectivity index (χ1n) is 6.91. The molecule has 0 spiro atoms. The van der Waals surface area contributed by atoms with Gasteiger partial charge in [0.15, 0.2) is 0 Å². The average Bonchev–Trinajstić information content (AvgIpc) is 2.82. The Hall–Kier alpha value is -1.91. The van der Waals surface area contributed by atoms with Gasteiger partial charge >= 0.3 is 0 Å². The van der Waals surface area contributed by atoms with Crippen LogP contribution in [0.5, 0.6) is 0 Å². The van der Waals surface area contributed by atoms with E-state index < -0.39 is 0 Å². The summed E-state index contributed by atoms with van der Waals surface area (Å²) >= 11 is 1.62. The summed E-state index contributed by atoms with van der Waals surface area (Å²) in [5.74, 6) is 7.21. The van der Waals surface area contributed by atoms with Crippen LogP contribution in [0.2, 0.25) is 0 Å². The van der Waals surface area contributed by atoms with Crippen LogP contribution in [0.25, 0.3) is 10.2 Å². The number of aromatic nitrogens is 2. The maximum Gasteiger partial charge on any atom is 0.240 e. The maximum absolute atomic E-state index is 8.87. The first-order valence-corrected chi connectivity index (χ1v) is 7.73. The second kappa shape index (κ2) is 6.70. The third-order valence-corrected chi connectivity index (χ3v) is 3.95. The monoisotopic (exact) mass is 304 g/mol. The first kappa shape index (κ1) is 15.5. The number of nitriles is 1. The lowest BCUT2D eigenvalue weighted by Gasteiger charge is -2.25. The standard InChI is InChI=1S/C14H20N6S/c1-9(2)8-20(6-4-5-15)12-11-7-10(3)21-13(11)18-14(17-12)19-16/h7,9H,4,6,8,16H2,1-3H3,(H,17,18,19). The molecule has 0 saturated carbocycles.